The molecule has 1 heterocycles. The zero-order chi connectivity index (χ0) is 23.4. The first-order valence-electron chi connectivity index (χ1n) is 10.1. The summed E-state index contributed by atoms with van der Waals surface area (Å²) in [5.74, 6) is 1.17. The third-order valence-corrected chi connectivity index (χ3v) is 6.42. The van der Waals surface area contributed by atoms with Gasteiger partial charge in [0.05, 0.1) is 22.1 Å². The highest BCUT2D eigenvalue weighted by Crippen LogP contribution is 2.33. The van der Waals surface area contributed by atoms with Gasteiger partial charge in [-0.05, 0) is 61.5 Å². The molecule has 0 atom stereocenters. The molecule has 172 valence electrons. The number of hydrogen-bond acceptors (Lipinski definition) is 6. The molecule has 0 fully saturated rings. The van der Waals surface area contributed by atoms with Crippen molar-refractivity contribution in [2.45, 2.75) is 11.8 Å². The van der Waals surface area contributed by atoms with Gasteiger partial charge in [-0.25, -0.2) is 8.42 Å². The lowest BCUT2D eigenvalue weighted by atomic mass is 10.2. The Bertz CT molecular complexity index is 1280. The Labute approximate surface area is 196 Å². The number of fused-ring (bicyclic) bond motifs is 1. The van der Waals surface area contributed by atoms with Gasteiger partial charge in [0.25, 0.3) is 15.9 Å². The van der Waals surface area contributed by atoms with Crippen molar-refractivity contribution in [3.8, 4) is 17.2 Å². The summed E-state index contributed by atoms with van der Waals surface area (Å²) in [6, 6.07) is 15.4. The van der Waals surface area contributed by atoms with Crippen molar-refractivity contribution in [2.24, 2.45) is 0 Å². The Hall–Kier alpha value is -3.43. The molecule has 0 saturated heterocycles. The molecule has 4 rings (SSSR count). The van der Waals surface area contributed by atoms with E-state index in [4.69, 9.17) is 25.8 Å². The van der Waals surface area contributed by atoms with Gasteiger partial charge in [-0.1, -0.05) is 11.6 Å². The van der Waals surface area contributed by atoms with E-state index in [1.54, 1.807) is 42.5 Å². The van der Waals surface area contributed by atoms with E-state index in [0.717, 1.165) is 0 Å². The fraction of sp³-hybridized carbons (Fsp3) is 0.174. The highest BCUT2D eigenvalue weighted by atomic mass is 35.5. The number of hydrogen-bond donors (Lipinski definition) is 2. The minimum absolute atomic E-state index is 0.0149. The van der Waals surface area contributed by atoms with E-state index in [1.807, 2.05) is 6.92 Å². The van der Waals surface area contributed by atoms with E-state index >= 15 is 0 Å². The maximum Gasteiger partial charge on any atom is 0.261 e. The van der Waals surface area contributed by atoms with Gasteiger partial charge in [-0.15, -0.1) is 0 Å². The molecule has 0 saturated carbocycles. The largest absolute Gasteiger partial charge is 0.494 e. The van der Waals surface area contributed by atoms with Crippen molar-refractivity contribution < 1.29 is 27.4 Å². The Kier molecular flexibility index (Phi) is 6.62. The van der Waals surface area contributed by atoms with Gasteiger partial charge in [-0.2, -0.15) is 0 Å². The molecule has 0 bridgehead atoms. The molecule has 1 aliphatic heterocycles. The van der Waals surface area contributed by atoms with Crippen LogP contribution in [0.3, 0.4) is 0 Å². The van der Waals surface area contributed by atoms with Crippen molar-refractivity contribution in [1.29, 1.82) is 0 Å². The molecular formula is C23H21ClN2O6S. The van der Waals surface area contributed by atoms with E-state index < -0.39 is 15.9 Å². The van der Waals surface area contributed by atoms with Crippen LogP contribution in [0.2, 0.25) is 5.02 Å². The molecule has 3 aromatic rings. The summed E-state index contributed by atoms with van der Waals surface area (Å²) in [7, 11) is -3.96. The van der Waals surface area contributed by atoms with E-state index in [1.165, 1.54) is 18.2 Å². The Morgan fingerprint density at radius 3 is 2.39 bits per heavy atom. The van der Waals surface area contributed by atoms with Crippen molar-refractivity contribution in [3.05, 3.63) is 71.2 Å². The van der Waals surface area contributed by atoms with Gasteiger partial charge in [0.15, 0.2) is 11.5 Å². The topological polar surface area (TPSA) is 103 Å². The number of carbonyl (C=O) groups excluding carboxylic acids is 1. The molecule has 33 heavy (non-hydrogen) atoms. The third kappa shape index (κ3) is 5.32. The molecule has 10 heteroatoms. The molecule has 0 radical (unpaired) electrons. The highest BCUT2D eigenvalue weighted by molar-refractivity contribution is 7.92. The molecule has 0 aliphatic carbocycles. The van der Waals surface area contributed by atoms with Crippen LogP contribution in [-0.4, -0.2) is 34.1 Å². The van der Waals surface area contributed by atoms with Crippen LogP contribution in [0.1, 0.15) is 17.3 Å². The third-order valence-electron chi connectivity index (χ3n) is 4.71. The minimum Gasteiger partial charge on any atom is -0.494 e. The van der Waals surface area contributed by atoms with Crippen LogP contribution in [0, 0.1) is 0 Å². The molecule has 0 spiro atoms. The number of amides is 1. The van der Waals surface area contributed by atoms with Crippen molar-refractivity contribution in [3.63, 3.8) is 0 Å². The number of benzene rings is 3. The Morgan fingerprint density at radius 2 is 1.67 bits per heavy atom. The second kappa shape index (κ2) is 9.60. The molecular weight excluding hydrogens is 468 g/mol. The second-order valence-corrected chi connectivity index (χ2v) is 9.11. The van der Waals surface area contributed by atoms with Gasteiger partial charge < -0.3 is 19.5 Å². The maximum absolute atomic E-state index is 12.9. The quantitative estimate of drug-likeness (QED) is 0.505. The van der Waals surface area contributed by atoms with Gasteiger partial charge in [0.1, 0.15) is 19.0 Å². The summed E-state index contributed by atoms with van der Waals surface area (Å²) in [6.45, 7) is 3.24. The number of sulfonamides is 1. The normalized spacial score (nSPS) is 12.7. The summed E-state index contributed by atoms with van der Waals surface area (Å²) in [5, 5.41) is 2.82. The summed E-state index contributed by atoms with van der Waals surface area (Å²) >= 11 is 6.20. The summed E-state index contributed by atoms with van der Waals surface area (Å²) < 4.78 is 44.6. The number of ether oxygens (including phenoxy) is 3. The predicted octanol–water partition coefficient (Wildman–Crippen LogP) is 4.56. The predicted molar refractivity (Wildman–Crippen MR) is 125 cm³/mol. The fourth-order valence-electron chi connectivity index (χ4n) is 3.17. The molecule has 3 aromatic carbocycles. The first-order chi connectivity index (χ1) is 15.9. The lowest BCUT2D eigenvalue weighted by Crippen LogP contribution is -2.17. The van der Waals surface area contributed by atoms with Gasteiger partial charge >= 0.3 is 0 Å². The Morgan fingerprint density at radius 1 is 0.970 bits per heavy atom. The fourth-order valence-corrected chi connectivity index (χ4v) is 4.45. The molecule has 0 unspecified atom stereocenters. The molecule has 2 N–H and O–H groups in total. The first-order valence-corrected chi connectivity index (χ1v) is 12.0. The van der Waals surface area contributed by atoms with Crippen LogP contribution in [-0.2, 0) is 10.0 Å². The van der Waals surface area contributed by atoms with Crippen LogP contribution in [0.5, 0.6) is 17.2 Å². The SMILES string of the molecule is CCOc1ccc(NS(=O)(=O)c2ccc(Cl)c(C(=O)Nc3ccc4c(c3)OCCO4)c2)cc1. The van der Waals surface area contributed by atoms with Crippen LogP contribution in [0.25, 0.3) is 0 Å². The zero-order valence-corrected chi connectivity index (χ0v) is 19.2. The average molecular weight is 489 g/mol. The maximum atomic E-state index is 12.9. The molecule has 8 nitrogen and oxygen atoms in total. The Balaban J connectivity index is 1.53. The number of nitrogens with one attached hydrogen (secondary N) is 2. The van der Waals surface area contributed by atoms with Crippen LogP contribution < -0.4 is 24.2 Å². The summed E-state index contributed by atoms with van der Waals surface area (Å²) in [4.78, 5) is 12.7. The summed E-state index contributed by atoms with van der Waals surface area (Å²) in [5.41, 5.74) is 0.831. The minimum atomic E-state index is -3.96. The lowest BCUT2D eigenvalue weighted by molar-refractivity contribution is 0.102. The first kappa shape index (κ1) is 22.8. The number of carbonyl (C=O) groups is 1. The van der Waals surface area contributed by atoms with Crippen molar-refractivity contribution in [2.75, 3.05) is 29.9 Å². The summed E-state index contributed by atoms with van der Waals surface area (Å²) in [6.07, 6.45) is 0. The van der Waals surface area contributed by atoms with Gasteiger partial charge in [0, 0.05) is 17.4 Å². The lowest BCUT2D eigenvalue weighted by Gasteiger charge is -2.19. The smallest absolute Gasteiger partial charge is 0.261 e. The number of halogens is 1. The average Bonchev–Trinajstić information content (AvgIpc) is 2.80. The van der Waals surface area contributed by atoms with E-state index in [2.05, 4.69) is 10.0 Å². The molecule has 1 amide bonds. The zero-order valence-electron chi connectivity index (χ0n) is 17.6. The van der Waals surface area contributed by atoms with E-state index in [-0.39, 0.29) is 15.5 Å². The van der Waals surface area contributed by atoms with Crippen molar-refractivity contribution in [1.82, 2.24) is 0 Å². The van der Waals surface area contributed by atoms with Crippen LogP contribution >= 0.6 is 11.6 Å². The second-order valence-electron chi connectivity index (χ2n) is 7.02. The van der Waals surface area contributed by atoms with E-state index in [9.17, 15) is 13.2 Å². The molecule has 0 aromatic heterocycles. The standard InChI is InChI=1S/C23H21ClN2O6S/c1-2-30-17-6-3-15(4-7-17)26-33(28,29)18-8-9-20(24)19(14-18)23(27)25-16-5-10-21-22(13-16)32-12-11-31-21/h3-10,13-14,26H,2,11-12H2,1H3,(H,25,27). The van der Waals surface area contributed by atoms with Gasteiger partial charge in [0.2, 0.25) is 0 Å². The molecule has 1 aliphatic rings. The number of rotatable bonds is 7. The highest BCUT2D eigenvalue weighted by Gasteiger charge is 2.20. The van der Waals surface area contributed by atoms with Crippen LogP contribution in [0.15, 0.2) is 65.6 Å². The number of anilines is 2. The van der Waals surface area contributed by atoms with Gasteiger partial charge in [-0.3, -0.25) is 9.52 Å². The monoisotopic (exact) mass is 488 g/mol. The van der Waals surface area contributed by atoms with Crippen molar-refractivity contribution >= 4 is 38.9 Å². The van der Waals surface area contributed by atoms with E-state index in [0.29, 0.717) is 48.4 Å². The van der Waals surface area contributed by atoms with Crippen LogP contribution in [0.4, 0.5) is 11.4 Å².